The summed E-state index contributed by atoms with van der Waals surface area (Å²) in [5, 5.41) is 0. The lowest BCUT2D eigenvalue weighted by molar-refractivity contribution is 0.726. The maximum absolute atomic E-state index is 5.93. The van der Waals surface area contributed by atoms with Crippen LogP contribution in [-0.2, 0) is 12.3 Å². The van der Waals surface area contributed by atoms with E-state index in [2.05, 4.69) is 32.4 Å². The van der Waals surface area contributed by atoms with Gasteiger partial charge in [-0.15, -0.1) is 11.8 Å². The molecule has 0 spiro atoms. The van der Waals surface area contributed by atoms with Crippen LogP contribution in [0.3, 0.4) is 0 Å². The van der Waals surface area contributed by atoms with Gasteiger partial charge in [0.2, 0.25) is 0 Å². The molecule has 0 amide bonds. The molecule has 2 N–H and O–H groups in total. The molecule has 90 valence electrons. The van der Waals surface area contributed by atoms with E-state index in [1.165, 1.54) is 0 Å². The Morgan fingerprint density at radius 3 is 3.06 bits per heavy atom. The number of nitrogen functional groups attached to an aromatic ring is 1. The third-order valence-electron chi connectivity index (χ3n) is 2.47. The third-order valence-corrected chi connectivity index (χ3v) is 4.04. The third kappa shape index (κ3) is 3.04. The second-order valence-electron chi connectivity index (χ2n) is 3.60. The summed E-state index contributed by atoms with van der Waals surface area (Å²) in [5.41, 5.74) is 6.74. The average molecular weight is 312 g/mol. The molecule has 0 aliphatic rings. The van der Waals surface area contributed by atoms with Gasteiger partial charge in [0, 0.05) is 34.0 Å². The molecule has 5 heteroatoms. The van der Waals surface area contributed by atoms with Crippen molar-refractivity contribution in [2.24, 2.45) is 0 Å². The van der Waals surface area contributed by atoms with Crippen molar-refractivity contribution in [2.45, 2.75) is 24.1 Å². The van der Waals surface area contributed by atoms with Gasteiger partial charge in [-0.25, -0.2) is 4.98 Å². The fourth-order valence-corrected chi connectivity index (χ4v) is 3.03. The van der Waals surface area contributed by atoms with Crippen molar-refractivity contribution in [1.29, 1.82) is 0 Å². The highest BCUT2D eigenvalue weighted by Crippen LogP contribution is 2.30. The molecule has 0 fully saturated rings. The van der Waals surface area contributed by atoms with E-state index in [9.17, 15) is 0 Å². The number of imidazole rings is 1. The Hall–Kier alpha value is -0.940. The van der Waals surface area contributed by atoms with Gasteiger partial charge in [-0.05, 0) is 25.1 Å². The minimum atomic E-state index is 0.813. The predicted octanol–water partition coefficient (Wildman–Crippen LogP) is 3.54. The molecule has 1 aromatic heterocycles. The van der Waals surface area contributed by atoms with E-state index in [0.29, 0.717) is 0 Å². The smallest absolute Gasteiger partial charge is 0.119 e. The number of halogens is 1. The summed E-state index contributed by atoms with van der Waals surface area (Å²) < 4.78 is 3.19. The van der Waals surface area contributed by atoms with E-state index >= 15 is 0 Å². The number of hydrogen-bond donors (Lipinski definition) is 1. The highest BCUT2D eigenvalue weighted by molar-refractivity contribution is 9.10. The minimum Gasteiger partial charge on any atom is -0.398 e. The Labute approximate surface area is 114 Å². The number of rotatable bonds is 4. The van der Waals surface area contributed by atoms with Gasteiger partial charge in [-0.2, -0.15) is 0 Å². The highest BCUT2D eigenvalue weighted by Gasteiger charge is 2.05. The lowest BCUT2D eigenvalue weighted by Crippen LogP contribution is -1.99. The summed E-state index contributed by atoms with van der Waals surface area (Å²) >= 11 is 5.16. The molecule has 0 unspecified atom stereocenters. The standard InChI is InChI=1S/C12H14BrN3S/c1-2-16-6-5-15-12(16)8-17-11-7-9(13)3-4-10(11)14/h3-7H,2,8,14H2,1H3. The average Bonchev–Trinajstić information content (AvgIpc) is 2.77. The first-order valence-electron chi connectivity index (χ1n) is 5.38. The highest BCUT2D eigenvalue weighted by atomic mass is 79.9. The van der Waals surface area contributed by atoms with E-state index in [1.54, 1.807) is 11.8 Å². The number of aromatic nitrogens is 2. The number of benzene rings is 1. The number of hydrogen-bond acceptors (Lipinski definition) is 3. The van der Waals surface area contributed by atoms with Crippen molar-refractivity contribution >= 4 is 33.4 Å². The van der Waals surface area contributed by atoms with Crippen molar-refractivity contribution in [3.63, 3.8) is 0 Å². The molecule has 17 heavy (non-hydrogen) atoms. The molecule has 0 saturated heterocycles. The molecule has 2 rings (SSSR count). The normalized spacial score (nSPS) is 10.7. The molecule has 1 aromatic carbocycles. The van der Waals surface area contributed by atoms with Gasteiger partial charge >= 0.3 is 0 Å². The Morgan fingerprint density at radius 2 is 2.29 bits per heavy atom. The van der Waals surface area contributed by atoms with Gasteiger partial charge in [0.15, 0.2) is 0 Å². The van der Waals surface area contributed by atoms with Crippen molar-refractivity contribution in [3.05, 3.63) is 40.9 Å². The lowest BCUT2D eigenvalue weighted by Gasteiger charge is -2.07. The fourth-order valence-electron chi connectivity index (χ4n) is 1.54. The minimum absolute atomic E-state index is 0.813. The van der Waals surface area contributed by atoms with Gasteiger partial charge in [0.05, 0.1) is 5.75 Å². The number of nitrogens with zero attached hydrogens (tertiary/aromatic N) is 2. The monoisotopic (exact) mass is 311 g/mol. The molecular weight excluding hydrogens is 298 g/mol. The van der Waals surface area contributed by atoms with Crippen molar-refractivity contribution in [2.75, 3.05) is 5.73 Å². The van der Waals surface area contributed by atoms with E-state index in [-0.39, 0.29) is 0 Å². The van der Waals surface area contributed by atoms with Crippen LogP contribution < -0.4 is 5.73 Å². The second kappa shape index (κ2) is 5.60. The fraction of sp³-hybridized carbons (Fsp3) is 0.250. The number of aryl methyl sites for hydroxylation is 1. The van der Waals surface area contributed by atoms with E-state index < -0.39 is 0 Å². The first-order valence-corrected chi connectivity index (χ1v) is 7.16. The van der Waals surface area contributed by atoms with E-state index in [1.807, 2.05) is 30.6 Å². The Kier molecular flexibility index (Phi) is 4.12. The van der Waals surface area contributed by atoms with E-state index in [4.69, 9.17) is 5.73 Å². The maximum Gasteiger partial charge on any atom is 0.119 e. The first-order chi connectivity index (χ1) is 8.20. The molecule has 1 heterocycles. The molecular formula is C12H14BrN3S. The maximum atomic E-state index is 5.93. The molecule has 0 aliphatic carbocycles. The van der Waals surface area contributed by atoms with Crippen LogP contribution >= 0.6 is 27.7 Å². The van der Waals surface area contributed by atoms with Gasteiger partial charge < -0.3 is 10.3 Å². The van der Waals surface area contributed by atoms with Crippen molar-refractivity contribution < 1.29 is 0 Å². The van der Waals surface area contributed by atoms with Crippen molar-refractivity contribution in [3.8, 4) is 0 Å². The van der Waals surface area contributed by atoms with Gasteiger partial charge in [-0.3, -0.25) is 0 Å². The Bertz CT molecular complexity index is 510. The number of thioether (sulfide) groups is 1. The Morgan fingerprint density at radius 1 is 1.47 bits per heavy atom. The van der Waals surface area contributed by atoms with E-state index in [0.717, 1.165) is 33.2 Å². The molecule has 3 nitrogen and oxygen atoms in total. The van der Waals surface area contributed by atoms with Crippen LogP contribution in [0.4, 0.5) is 5.69 Å². The van der Waals surface area contributed by atoms with Crippen molar-refractivity contribution in [1.82, 2.24) is 9.55 Å². The molecule has 0 bridgehead atoms. The summed E-state index contributed by atoms with van der Waals surface area (Å²) in [5.74, 6) is 1.92. The van der Waals surface area contributed by atoms with Crippen LogP contribution in [0, 0.1) is 0 Å². The number of anilines is 1. The molecule has 2 aromatic rings. The summed E-state index contributed by atoms with van der Waals surface area (Å²) in [6.45, 7) is 3.06. The number of nitrogens with two attached hydrogens (primary N) is 1. The summed E-state index contributed by atoms with van der Waals surface area (Å²) in [6.07, 6.45) is 3.84. The lowest BCUT2D eigenvalue weighted by atomic mass is 10.3. The summed E-state index contributed by atoms with van der Waals surface area (Å²) in [6, 6.07) is 5.91. The van der Waals surface area contributed by atoms with Crippen LogP contribution in [0.5, 0.6) is 0 Å². The summed E-state index contributed by atoms with van der Waals surface area (Å²) in [7, 11) is 0. The van der Waals surface area contributed by atoms with Crippen LogP contribution in [-0.4, -0.2) is 9.55 Å². The zero-order chi connectivity index (χ0) is 12.3. The van der Waals surface area contributed by atoms with Crippen LogP contribution in [0.15, 0.2) is 40.0 Å². The quantitative estimate of drug-likeness (QED) is 0.694. The molecule has 0 aliphatic heterocycles. The molecule has 0 atom stereocenters. The van der Waals surface area contributed by atoms with Crippen LogP contribution in [0.25, 0.3) is 0 Å². The molecule has 0 radical (unpaired) electrons. The topological polar surface area (TPSA) is 43.8 Å². The summed E-state index contributed by atoms with van der Waals surface area (Å²) in [4.78, 5) is 5.43. The molecule has 0 saturated carbocycles. The Balaban J connectivity index is 2.09. The van der Waals surface area contributed by atoms with Crippen LogP contribution in [0.1, 0.15) is 12.7 Å². The van der Waals surface area contributed by atoms with Gasteiger partial charge in [-0.1, -0.05) is 15.9 Å². The van der Waals surface area contributed by atoms with Crippen LogP contribution in [0.2, 0.25) is 0 Å². The SMILES string of the molecule is CCn1ccnc1CSc1cc(Br)ccc1N. The zero-order valence-corrected chi connectivity index (χ0v) is 12.0. The van der Waals surface area contributed by atoms with Gasteiger partial charge in [0.25, 0.3) is 0 Å². The second-order valence-corrected chi connectivity index (χ2v) is 5.53. The predicted molar refractivity (Wildman–Crippen MR) is 76.0 cm³/mol. The van der Waals surface area contributed by atoms with Gasteiger partial charge in [0.1, 0.15) is 5.82 Å². The first kappa shape index (κ1) is 12.5. The largest absolute Gasteiger partial charge is 0.398 e. The zero-order valence-electron chi connectivity index (χ0n) is 9.56.